The summed E-state index contributed by atoms with van der Waals surface area (Å²) < 4.78 is 6.50. The van der Waals surface area contributed by atoms with Gasteiger partial charge in [-0.05, 0) is 53.0 Å². The zero-order valence-electron chi connectivity index (χ0n) is 11.3. The maximum atomic E-state index is 6.10. The molecule has 0 amide bonds. The Balaban J connectivity index is 2.27. The maximum absolute atomic E-state index is 6.10. The molecule has 2 rings (SSSR count). The molecule has 0 bridgehead atoms. The molecule has 1 N–H and O–H groups in total. The van der Waals surface area contributed by atoms with Gasteiger partial charge in [0.25, 0.3) is 0 Å². The van der Waals surface area contributed by atoms with Gasteiger partial charge >= 0.3 is 0 Å². The SMILES string of the molecule is CCNc1ncc(Br)c(Oc2ccc(Cl)c(CC)c2)n1. The molecule has 1 heterocycles. The van der Waals surface area contributed by atoms with Gasteiger partial charge < -0.3 is 10.1 Å². The van der Waals surface area contributed by atoms with E-state index < -0.39 is 0 Å². The highest BCUT2D eigenvalue weighted by molar-refractivity contribution is 9.10. The van der Waals surface area contributed by atoms with E-state index in [4.69, 9.17) is 16.3 Å². The molecule has 0 saturated heterocycles. The van der Waals surface area contributed by atoms with Gasteiger partial charge in [0.2, 0.25) is 11.8 Å². The summed E-state index contributed by atoms with van der Waals surface area (Å²) in [5.74, 6) is 1.71. The van der Waals surface area contributed by atoms with Crippen LogP contribution in [0.4, 0.5) is 5.95 Å². The number of aryl methyl sites for hydroxylation is 1. The Hall–Kier alpha value is -1.33. The summed E-state index contributed by atoms with van der Waals surface area (Å²) in [4.78, 5) is 8.46. The summed E-state index contributed by atoms with van der Waals surface area (Å²) in [5, 5.41) is 3.79. The number of halogens is 2. The van der Waals surface area contributed by atoms with Crippen molar-refractivity contribution in [3.05, 3.63) is 39.5 Å². The summed E-state index contributed by atoms with van der Waals surface area (Å²) in [6, 6.07) is 5.57. The monoisotopic (exact) mass is 355 g/mol. The highest BCUT2D eigenvalue weighted by Crippen LogP contribution is 2.30. The summed E-state index contributed by atoms with van der Waals surface area (Å²) in [6.45, 7) is 4.79. The van der Waals surface area contributed by atoms with Crippen LogP contribution in [0.5, 0.6) is 11.6 Å². The zero-order valence-corrected chi connectivity index (χ0v) is 13.6. The van der Waals surface area contributed by atoms with E-state index >= 15 is 0 Å². The predicted molar refractivity (Wildman–Crippen MR) is 84.8 cm³/mol. The van der Waals surface area contributed by atoms with Crippen LogP contribution in [-0.2, 0) is 6.42 Å². The summed E-state index contributed by atoms with van der Waals surface area (Å²) in [7, 11) is 0. The third-order valence-corrected chi connectivity index (χ3v) is 3.57. The van der Waals surface area contributed by atoms with E-state index in [2.05, 4.69) is 38.1 Å². The maximum Gasteiger partial charge on any atom is 0.238 e. The minimum atomic E-state index is 0.473. The van der Waals surface area contributed by atoms with E-state index in [9.17, 15) is 0 Å². The lowest BCUT2D eigenvalue weighted by atomic mass is 10.1. The molecule has 0 unspecified atom stereocenters. The first-order valence-electron chi connectivity index (χ1n) is 6.36. The first-order valence-corrected chi connectivity index (χ1v) is 7.53. The van der Waals surface area contributed by atoms with Gasteiger partial charge in [-0.25, -0.2) is 4.98 Å². The van der Waals surface area contributed by atoms with Gasteiger partial charge in [-0.15, -0.1) is 0 Å². The van der Waals surface area contributed by atoms with E-state index in [0.29, 0.717) is 22.1 Å². The Morgan fingerprint density at radius 2 is 2.15 bits per heavy atom. The van der Waals surface area contributed by atoms with E-state index in [1.165, 1.54) is 0 Å². The van der Waals surface area contributed by atoms with Gasteiger partial charge in [-0.2, -0.15) is 4.98 Å². The van der Waals surface area contributed by atoms with Crippen LogP contribution in [0.1, 0.15) is 19.4 Å². The van der Waals surface area contributed by atoms with Crippen molar-refractivity contribution in [1.82, 2.24) is 9.97 Å². The lowest BCUT2D eigenvalue weighted by Crippen LogP contribution is -2.03. The lowest BCUT2D eigenvalue weighted by Gasteiger charge is -2.10. The van der Waals surface area contributed by atoms with Crippen LogP contribution in [-0.4, -0.2) is 16.5 Å². The van der Waals surface area contributed by atoms with Crippen molar-refractivity contribution in [2.24, 2.45) is 0 Å². The molecule has 106 valence electrons. The fourth-order valence-corrected chi connectivity index (χ4v) is 2.19. The Labute approximate surface area is 131 Å². The number of ether oxygens (including phenoxy) is 1. The molecule has 1 aromatic carbocycles. The van der Waals surface area contributed by atoms with Crippen molar-refractivity contribution in [2.45, 2.75) is 20.3 Å². The van der Waals surface area contributed by atoms with Gasteiger partial charge in [0.15, 0.2) is 0 Å². The number of aromatic nitrogens is 2. The molecule has 0 atom stereocenters. The summed E-state index contributed by atoms with van der Waals surface area (Å²) in [5.41, 5.74) is 1.04. The number of benzene rings is 1. The van der Waals surface area contributed by atoms with Crippen molar-refractivity contribution in [3.63, 3.8) is 0 Å². The fraction of sp³-hybridized carbons (Fsp3) is 0.286. The zero-order chi connectivity index (χ0) is 14.5. The van der Waals surface area contributed by atoms with Crippen LogP contribution in [0.25, 0.3) is 0 Å². The summed E-state index contributed by atoms with van der Waals surface area (Å²) in [6.07, 6.45) is 2.51. The first-order chi connectivity index (χ1) is 9.63. The van der Waals surface area contributed by atoms with Gasteiger partial charge in [0, 0.05) is 11.6 Å². The Morgan fingerprint density at radius 3 is 2.85 bits per heavy atom. The quantitative estimate of drug-likeness (QED) is 0.845. The van der Waals surface area contributed by atoms with Crippen LogP contribution in [0.3, 0.4) is 0 Å². The van der Waals surface area contributed by atoms with Crippen molar-refractivity contribution < 1.29 is 4.74 Å². The minimum Gasteiger partial charge on any atom is -0.438 e. The molecule has 0 fully saturated rings. The van der Waals surface area contributed by atoms with Gasteiger partial charge in [-0.3, -0.25) is 0 Å². The van der Waals surface area contributed by atoms with Gasteiger partial charge in [0.05, 0.1) is 10.7 Å². The van der Waals surface area contributed by atoms with Crippen LogP contribution < -0.4 is 10.1 Å². The van der Waals surface area contributed by atoms with Crippen LogP contribution >= 0.6 is 27.5 Å². The van der Waals surface area contributed by atoms with Crippen molar-refractivity contribution in [3.8, 4) is 11.6 Å². The topological polar surface area (TPSA) is 47.0 Å². The van der Waals surface area contributed by atoms with E-state index in [0.717, 1.165) is 23.6 Å². The molecule has 2 aromatic rings. The predicted octanol–water partition coefficient (Wildman–Crippen LogP) is 4.68. The molecule has 0 saturated carbocycles. The van der Waals surface area contributed by atoms with Crippen molar-refractivity contribution >= 4 is 33.5 Å². The normalized spacial score (nSPS) is 10.4. The highest BCUT2D eigenvalue weighted by Gasteiger charge is 2.08. The number of hydrogen-bond acceptors (Lipinski definition) is 4. The second kappa shape index (κ2) is 6.90. The smallest absolute Gasteiger partial charge is 0.238 e. The minimum absolute atomic E-state index is 0.473. The number of rotatable bonds is 5. The van der Waals surface area contributed by atoms with E-state index in [1.807, 2.05) is 25.1 Å². The number of hydrogen-bond donors (Lipinski definition) is 1. The summed E-state index contributed by atoms with van der Waals surface area (Å²) >= 11 is 9.48. The van der Waals surface area contributed by atoms with E-state index in [-0.39, 0.29) is 0 Å². The lowest BCUT2D eigenvalue weighted by molar-refractivity contribution is 0.458. The molecule has 0 radical (unpaired) electrons. The largest absolute Gasteiger partial charge is 0.438 e. The average molecular weight is 357 g/mol. The third kappa shape index (κ3) is 3.61. The Kier molecular flexibility index (Phi) is 5.20. The molecule has 0 aliphatic heterocycles. The second-order valence-corrected chi connectivity index (χ2v) is 5.35. The highest BCUT2D eigenvalue weighted by atomic mass is 79.9. The van der Waals surface area contributed by atoms with Crippen molar-refractivity contribution in [1.29, 1.82) is 0 Å². The molecule has 0 aliphatic carbocycles. The molecule has 0 aliphatic rings. The molecular weight excluding hydrogens is 342 g/mol. The van der Waals surface area contributed by atoms with E-state index in [1.54, 1.807) is 6.20 Å². The van der Waals surface area contributed by atoms with Crippen molar-refractivity contribution in [2.75, 3.05) is 11.9 Å². The molecular formula is C14H15BrClN3O. The first kappa shape index (κ1) is 15.1. The standard InChI is InChI=1S/C14H15BrClN3O/c1-3-9-7-10(5-6-12(9)16)20-13-11(15)8-18-14(19-13)17-4-2/h5-8H,3-4H2,1-2H3,(H,17,18,19). The molecule has 0 spiro atoms. The number of nitrogens with one attached hydrogen (secondary N) is 1. The third-order valence-electron chi connectivity index (χ3n) is 2.66. The average Bonchev–Trinajstić information content (AvgIpc) is 2.45. The fourth-order valence-electron chi connectivity index (χ4n) is 1.66. The molecule has 4 nitrogen and oxygen atoms in total. The number of anilines is 1. The Bertz CT molecular complexity index is 607. The Morgan fingerprint density at radius 1 is 1.35 bits per heavy atom. The number of nitrogens with zero attached hydrogens (tertiary/aromatic N) is 2. The molecule has 6 heteroatoms. The second-order valence-electron chi connectivity index (χ2n) is 4.09. The van der Waals surface area contributed by atoms with Crippen LogP contribution in [0.2, 0.25) is 5.02 Å². The molecule has 20 heavy (non-hydrogen) atoms. The van der Waals surface area contributed by atoms with Crippen LogP contribution in [0, 0.1) is 0 Å². The van der Waals surface area contributed by atoms with Gasteiger partial charge in [-0.1, -0.05) is 18.5 Å². The van der Waals surface area contributed by atoms with Crippen LogP contribution in [0.15, 0.2) is 28.9 Å². The molecule has 1 aromatic heterocycles. The van der Waals surface area contributed by atoms with Gasteiger partial charge in [0.1, 0.15) is 5.75 Å².